The van der Waals surface area contributed by atoms with Gasteiger partial charge in [0.25, 0.3) is 0 Å². The van der Waals surface area contributed by atoms with Crippen LogP contribution in [-0.4, -0.2) is 58.1 Å². The molecule has 0 bridgehead atoms. The lowest BCUT2D eigenvalue weighted by Gasteiger charge is -2.23. The van der Waals surface area contributed by atoms with Crippen molar-refractivity contribution in [3.05, 3.63) is 18.2 Å². The van der Waals surface area contributed by atoms with E-state index in [1.807, 2.05) is 0 Å². The molecule has 1 aromatic rings. The molecule has 1 aliphatic rings. The van der Waals surface area contributed by atoms with Crippen molar-refractivity contribution in [3.8, 4) is 11.5 Å². The molecule has 1 aromatic carbocycles. The van der Waals surface area contributed by atoms with Crippen LogP contribution >= 0.6 is 15.9 Å². The molecule has 1 heterocycles. The molecule has 0 atom stereocenters. The number of fused-ring (bicyclic) bond motifs is 1. The van der Waals surface area contributed by atoms with Gasteiger partial charge in [0, 0.05) is 31.6 Å². The van der Waals surface area contributed by atoms with Crippen molar-refractivity contribution >= 4 is 26.0 Å². The van der Waals surface area contributed by atoms with E-state index in [9.17, 15) is 8.42 Å². The van der Waals surface area contributed by atoms with Crippen LogP contribution in [0.15, 0.2) is 23.1 Å². The number of sulfonamides is 1. The Morgan fingerprint density at radius 2 is 1.95 bits per heavy atom. The molecule has 0 unspecified atom stereocenters. The fourth-order valence-electron chi connectivity index (χ4n) is 1.97. The van der Waals surface area contributed by atoms with Gasteiger partial charge in [0.05, 0.1) is 11.5 Å². The van der Waals surface area contributed by atoms with Gasteiger partial charge in [0.2, 0.25) is 10.0 Å². The predicted molar refractivity (Wildman–Crippen MR) is 81.9 cm³/mol. The predicted octanol–water partition coefficient (Wildman–Crippen LogP) is 1.49. The molecule has 2 rings (SSSR count). The summed E-state index contributed by atoms with van der Waals surface area (Å²) in [5.41, 5.74) is 0. The summed E-state index contributed by atoms with van der Waals surface area (Å²) in [5.74, 6) is 1.04. The van der Waals surface area contributed by atoms with Gasteiger partial charge in [-0.05, 0) is 12.1 Å². The molecule has 6 nitrogen and oxygen atoms in total. The van der Waals surface area contributed by atoms with Gasteiger partial charge in [0.15, 0.2) is 11.5 Å². The number of rotatable bonds is 7. The molecule has 0 saturated heterocycles. The van der Waals surface area contributed by atoms with E-state index in [-0.39, 0.29) is 4.90 Å². The third-order valence-electron chi connectivity index (χ3n) is 3.03. The minimum atomic E-state index is -3.58. The first-order valence-corrected chi connectivity index (χ1v) is 9.10. The maximum absolute atomic E-state index is 12.7. The van der Waals surface area contributed by atoms with Gasteiger partial charge in [0.1, 0.15) is 13.2 Å². The Morgan fingerprint density at radius 1 is 1.24 bits per heavy atom. The van der Waals surface area contributed by atoms with Gasteiger partial charge >= 0.3 is 0 Å². The highest BCUT2D eigenvalue weighted by molar-refractivity contribution is 9.09. The van der Waals surface area contributed by atoms with Gasteiger partial charge < -0.3 is 14.2 Å². The third kappa shape index (κ3) is 3.88. The quantitative estimate of drug-likeness (QED) is 0.671. The summed E-state index contributed by atoms with van der Waals surface area (Å²) in [6.07, 6.45) is 0. The Morgan fingerprint density at radius 3 is 2.62 bits per heavy atom. The number of hydrogen-bond acceptors (Lipinski definition) is 5. The van der Waals surface area contributed by atoms with Crippen molar-refractivity contribution in [2.24, 2.45) is 0 Å². The Bertz CT molecular complexity index is 578. The average Bonchev–Trinajstić information content (AvgIpc) is 2.50. The first-order chi connectivity index (χ1) is 10.1. The van der Waals surface area contributed by atoms with Crippen LogP contribution in [0.25, 0.3) is 0 Å². The number of benzene rings is 1. The molecule has 0 saturated carbocycles. The zero-order valence-electron chi connectivity index (χ0n) is 11.7. The molecular weight excluding hydrogens is 362 g/mol. The van der Waals surface area contributed by atoms with Crippen molar-refractivity contribution < 1.29 is 22.6 Å². The maximum atomic E-state index is 12.7. The minimum Gasteiger partial charge on any atom is -0.486 e. The SMILES string of the molecule is COCCN(CCBr)S(=O)(=O)c1ccc2c(c1)OCCO2. The summed E-state index contributed by atoms with van der Waals surface area (Å²) in [4.78, 5) is 0.198. The zero-order valence-corrected chi connectivity index (χ0v) is 14.2. The molecule has 1 aliphatic heterocycles. The number of alkyl halides is 1. The van der Waals surface area contributed by atoms with Crippen molar-refractivity contribution in [2.45, 2.75) is 4.90 Å². The number of ether oxygens (including phenoxy) is 3. The standard InChI is InChI=1S/C13H18BrNO5S/c1-18-7-6-15(5-4-14)21(16,17)11-2-3-12-13(10-11)20-9-8-19-12/h2-3,10H,4-9H2,1H3. The highest BCUT2D eigenvalue weighted by Crippen LogP contribution is 2.33. The van der Waals surface area contributed by atoms with E-state index in [4.69, 9.17) is 14.2 Å². The maximum Gasteiger partial charge on any atom is 0.243 e. The molecule has 0 radical (unpaired) electrons. The summed E-state index contributed by atoms with van der Waals surface area (Å²) >= 11 is 3.28. The number of methoxy groups -OCH3 is 1. The van der Waals surface area contributed by atoms with Gasteiger partial charge in [-0.3, -0.25) is 0 Å². The lowest BCUT2D eigenvalue weighted by molar-refractivity contribution is 0.171. The van der Waals surface area contributed by atoms with Crippen LogP contribution in [0.2, 0.25) is 0 Å². The van der Waals surface area contributed by atoms with E-state index >= 15 is 0 Å². The lowest BCUT2D eigenvalue weighted by atomic mass is 10.3. The highest BCUT2D eigenvalue weighted by Gasteiger charge is 2.25. The van der Waals surface area contributed by atoms with E-state index in [2.05, 4.69) is 15.9 Å². The summed E-state index contributed by atoms with van der Waals surface area (Å²) < 4.78 is 42.5. The summed E-state index contributed by atoms with van der Waals surface area (Å²) in [5, 5.41) is 0.556. The molecule has 118 valence electrons. The second-order valence-electron chi connectivity index (χ2n) is 4.39. The number of hydrogen-bond donors (Lipinski definition) is 0. The van der Waals surface area contributed by atoms with E-state index in [0.29, 0.717) is 49.7 Å². The van der Waals surface area contributed by atoms with E-state index < -0.39 is 10.0 Å². The summed E-state index contributed by atoms with van der Waals surface area (Å²) in [6, 6.07) is 4.68. The number of nitrogens with zero attached hydrogens (tertiary/aromatic N) is 1. The zero-order chi connectivity index (χ0) is 15.3. The van der Waals surface area contributed by atoms with Crippen molar-refractivity contribution in [2.75, 3.05) is 45.4 Å². The van der Waals surface area contributed by atoms with E-state index in [0.717, 1.165) is 0 Å². The smallest absolute Gasteiger partial charge is 0.243 e. The monoisotopic (exact) mass is 379 g/mol. The minimum absolute atomic E-state index is 0.198. The van der Waals surface area contributed by atoms with Crippen LogP contribution in [0, 0.1) is 0 Å². The van der Waals surface area contributed by atoms with Crippen LogP contribution in [0.1, 0.15) is 0 Å². The second kappa shape index (κ2) is 7.44. The Balaban J connectivity index is 2.28. The summed E-state index contributed by atoms with van der Waals surface area (Å²) in [7, 11) is -2.04. The van der Waals surface area contributed by atoms with E-state index in [1.54, 1.807) is 13.2 Å². The molecule has 0 amide bonds. The highest BCUT2D eigenvalue weighted by atomic mass is 79.9. The Kier molecular flexibility index (Phi) is 5.86. The van der Waals surface area contributed by atoms with Crippen molar-refractivity contribution in [1.29, 1.82) is 0 Å². The lowest BCUT2D eigenvalue weighted by Crippen LogP contribution is -2.35. The third-order valence-corrected chi connectivity index (χ3v) is 5.28. The molecule has 21 heavy (non-hydrogen) atoms. The number of halogens is 1. The van der Waals surface area contributed by atoms with E-state index in [1.165, 1.54) is 16.4 Å². The van der Waals surface area contributed by atoms with Crippen LogP contribution in [0.4, 0.5) is 0 Å². The van der Waals surface area contributed by atoms with Gasteiger partial charge in [-0.15, -0.1) is 0 Å². The fourth-order valence-corrected chi connectivity index (χ4v) is 4.08. The second-order valence-corrected chi connectivity index (χ2v) is 7.12. The Labute approximate surface area is 133 Å². The molecule has 0 aliphatic carbocycles. The normalized spacial score (nSPS) is 14.4. The van der Waals surface area contributed by atoms with Crippen LogP contribution in [0.5, 0.6) is 11.5 Å². The van der Waals surface area contributed by atoms with Crippen LogP contribution in [0.3, 0.4) is 0 Å². The molecular formula is C13H18BrNO5S. The first kappa shape index (κ1) is 16.5. The fraction of sp³-hybridized carbons (Fsp3) is 0.538. The average molecular weight is 380 g/mol. The van der Waals surface area contributed by atoms with Crippen molar-refractivity contribution in [3.63, 3.8) is 0 Å². The summed E-state index contributed by atoms with van der Waals surface area (Å²) in [6.45, 7) is 1.92. The topological polar surface area (TPSA) is 65.1 Å². The molecule has 8 heteroatoms. The van der Waals surface area contributed by atoms with Gasteiger partial charge in [-0.1, -0.05) is 15.9 Å². The van der Waals surface area contributed by atoms with Gasteiger partial charge in [-0.25, -0.2) is 8.42 Å². The van der Waals surface area contributed by atoms with Crippen LogP contribution < -0.4 is 9.47 Å². The molecule has 0 aromatic heterocycles. The van der Waals surface area contributed by atoms with Crippen molar-refractivity contribution in [1.82, 2.24) is 4.31 Å². The Hall–Kier alpha value is -0.830. The van der Waals surface area contributed by atoms with Gasteiger partial charge in [-0.2, -0.15) is 4.31 Å². The molecule has 0 N–H and O–H groups in total. The van der Waals surface area contributed by atoms with Crippen LogP contribution in [-0.2, 0) is 14.8 Å². The molecule has 0 spiro atoms. The molecule has 0 fully saturated rings. The largest absolute Gasteiger partial charge is 0.486 e. The first-order valence-electron chi connectivity index (χ1n) is 6.54.